The molecule has 65 heavy (non-hydrogen) atoms. The van der Waals surface area contributed by atoms with Crippen molar-refractivity contribution in [3.63, 3.8) is 0 Å². The highest BCUT2D eigenvalue weighted by molar-refractivity contribution is 6.02. The van der Waals surface area contributed by atoms with Crippen molar-refractivity contribution in [3.8, 4) is 22.8 Å². The lowest BCUT2D eigenvalue weighted by Gasteiger charge is -2.54. The van der Waals surface area contributed by atoms with Crippen LogP contribution in [0.3, 0.4) is 0 Å². The van der Waals surface area contributed by atoms with Crippen LogP contribution in [0.1, 0.15) is 74.8 Å². The van der Waals surface area contributed by atoms with Crippen LogP contribution in [-0.4, -0.2) is 121 Å². The monoisotopic (exact) mass is 879 g/mol. The van der Waals surface area contributed by atoms with Gasteiger partial charge in [0.1, 0.15) is 23.6 Å². The number of imide groups is 1. The van der Waals surface area contributed by atoms with E-state index in [2.05, 4.69) is 84.6 Å². The highest BCUT2D eigenvalue weighted by Gasteiger charge is 2.61. The van der Waals surface area contributed by atoms with Gasteiger partial charge in [0.05, 0.1) is 29.3 Å². The highest BCUT2D eigenvalue weighted by atomic mass is 16.5. The molecule has 11 rings (SSSR count). The van der Waals surface area contributed by atoms with Crippen LogP contribution in [0.2, 0.25) is 0 Å². The second kappa shape index (κ2) is 16.8. The first-order valence-electron chi connectivity index (χ1n) is 24.0. The van der Waals surface area contributed by atoms with Crippen molar-refractivity contribution in [1.82, 2.24) is 25.3 Å². The minimum absolute atomic E-state index is 0.0826. The smallest absolute Gasteiger partial charge is 0.249 e. The molecule has 1 aromatic heterocycles. The summed E-state index contributed by atoms with van der Waals surface area (Å²) >= 11 is 0. The SMILES string of the molecule is CN1CCN(C2CCC(=O)NC2=O)c2cccc(C3CCN(CC(=O)N4CCC(Oc5cccc(C67C[C@H]8CC6[C@H](CN(c6cc(-c9ccccc9O)nnc6N)C8)C7)c5)CC4)CC3)c21. The van der Waals surface area contributed by atoms with Crippen molar-refractivity contribution in [2.24, 2.45) is 17.8 Å². The number of likely N-dealkylation sites (N-methyl/N-ethyl adjacent to an activating group) is 1. The lowest BCUT2D eigenvalue weighted by atomic mass is 9.52. The van der Waals surface area contributed by atoms with Gasteiger partial charge in [0.15, 0.2) is 5.82 Å². The number of ether oxygens (including phenoxy) is 1. The summed E-state index contributed by atoms with van der Waals surface area (Å²) in [6.45, 7) is 7.05. The summed E-state index contributed by atoms with van der Waals surface area (Å²) in [5.41, 5.74) is 13.8. The number of para-hydroxylation sites is 2. The Labute approximate surface area is 381 Å². The van der Waals surface area contributed by atoms with Gasteiger partial charge in [-0.15, -0.1) is 10.2 Å². The number of carbonyl (C=O) groups is 3. The minimum Gasteiger partial charge on any atom is -0.507 e. The molecule has 14 nitrogen and oxygen atoms in total. The maximum Gasteiger partial charge on any atom is 0.249 e. The maximum atomic E-state index is 13.7. The molecule has 3 unspecified atom stereocenters. The number of phenols is 1. The van der Waals surface area contributed by atoms with E-state index in [9.17, 15) is 19.5 Å². The molecule has 2 aliphatic carbocycles. The third-order valence-corrected chi connectivity index (χ3v) is 16.3. The van der Waals surface area contributed by atoms with Gasteiger partial charge in [0.2, 0.25) is 17.7 Å². The fraction of sp³-hybridized carbons (Fsp3) is 0.510. The lowest BCUT2D eigenvalue weighted by Crippen LogP contribution is -2.55. The first-order valence-corrected chi connectivity index (χ1v) is 24.0. The predicted octanol–water partition coefficient (Wildman–Crippen LogP) is 5.55. The van der Waals surface area contributed by atoms with Gasteiger partial charge < -0.3 is 35.2 Å². The first-order chi connectivity index (χ1) is 31.6. The fourth-order valence-electron chi connectivity index (χ4n) is 13.1. The van der Waals surface area contributed by atoms with Crippen LogP contribution >= 0.6 is 0 Å². The second-order valence-corrected chi connectivity index (χ2v) is 20.0. The van der Waals surface area contributed by atoms with E-state index in [0.29, 0.717) is 73.2 Å². The molecule has 7 aliphatic rings. The Morgan fingerprint density at radius 2 is 1.69 bits per heavy atom. The Bertz CT molecular complexity index is 2480. The Morgan fingerprint density at radius 1 is 0.877 bits per heavy atom. The number of benzene rings is 3. The molecule has 6 heterocycles. The number of anilines is 4. The highest BCUT2D eigenvalue weighted by Crippen LogP contribution is 2.65. The molecule has 3 amide bonds. The Morgan fingerprint density at radius 3 is 2.51 bits per heavy atom. The van der Waals surface area contributed by atoms with Gasteiger partial charge in [0.25, 0.3) is 0 Å². The number of rotatable bonds is 9. The summed E-state index contributed by atoms with van der Waals surface area (Å²) in [4.78, 5) is 49.7. The molecular weight excluding hydrogens is 819 g/mol. The number of nitrogens with zero attached hydrogens (tertiary/aromatic N) is 7. The quantitative estimate of drug-likeness (QED) is 0.180. The van der Waals surface area contributed by atoms with Crippen LogP contribution < -0.4 is 30.5 Å². The van der Waals surface area contributed by atoms with Crippen molar-refractivity contribution in [2.45, 2.75) is 81.3 Å². The van der Waals surface area contributed by atoms with Crippen LogP contribution in [-0.2, 0) is 19.8 Å². The molecule has 4 aromatic rings. The normalized spacial score (nSPS) is 27.2. The van der Waals surface area contributed by atoms with E-state index in [1.807, 2.05) is 23.1 Å². The number of nitrogens with two attached hydrogens (primary N) is 1. The number of carbonyl (C=O) groups excluding carboxylic acids is 3. The standard InChI is InChI=1S/C51H61N9O5/c1-56-22-23-60(43-12-13-46(62)53-50(43)64)42-10-5-9-38(48(42)56)33-14-18-57(19-15-33)31-47(63)58-20-16-36(17-21-58)65-37-7-4-6-35(25-37)51-27-32-24-40(51)34(28-51)30-59(29-32)44-26-41(54-55-49(44)52)39-8-2-3-11-45(39)61/h2-11,25-26,32-34,36,40,43,61H,12-24,27-31H2,1H3,(H2,52,55)(H,53,62,64)/t32-,34+,40?,43?,51?/m1/s1. The first kappa shape index (κ1) is 41.8. The molecule has 5 aliphatic heterocycles. The van der Waals surface area contributed by atoms with Crippen LogP contribution in [0.25, 0.3) is 11.3 Å². The molecule has 6 fully saturated rings. The van der Waals surface area contributed by atoms with Crippen LogP contribution in [0.4, 0.5) is 22.9 Å². The van der Waals surface area contributed by atoms with E-state index in [1.165, 1.54) is 23.2 Å². The zero-order valence-electron chi connectivity index (χ0n) is 37.4. The van der Waals surface area contributed by atoms with Crippen molar-refractivity contribution in [1.29, 1.82) is 0 Å². The number of hydrogen-bond donors (Lipinski definition) is 3. The van der Waals surface area contributed by atoms with Crippen LogP contribution in [0.15, 0.2) is 72.8 Å². The van der Waals surface area contributed by atoms with Gasteiger partial charge >= 0.3 is 0 Å². The average molecular weight is 880 g/mol. The number of aromatic nitrogens is 2. The third-order valence-electron chi connectivity index (χ3n) is 16.3. The summed E-state index contributed by atoms with van der Waals surface area (Å²) in [5.74, 6) is 3.49. The third kappa shape index (κ3) is 7.70. The number of likely N-dealkylation sites (tertiary alicyclic amines) is 2. The van der Waals surface area contributed by atoms with Crippen molar-refractivity contribution in [3.05, 3.63) is 83.9 Å². The van der Waals surface area contributed by atoms with Gasteiger partial charge in [-0.05, 0) is 128 Å². The summed E-state index contributed by atoms with van der Waals surface area (Å²) in [5, 5.41) is 21.7. The molecule has 4 N–H and O–H groups in total. The van der Waals surface area contributed by atoms with E-state index >= 15 is 0 Å². The van der Waals surface area contributed by atoms with E-state index in [4.69, 9.17) is 10.5 Å². The summed E-state index contributed by atoms with van der Waals surface area (Å²) in [6.07, 6.45) is 8.11. The van der Waals surface area contributed by atoms with E-state index in [-0.39, 0.29) is 41.0 Å². The number of piperidine rings is 3. The molecular formula is C51H61N9O5. The minimum atomic E-state index is -0.328. The summed E-state index contributed by atoms with van der Waals surface area (Å²) < 4.78 is 6.69. The fourth-order valence-corrected chi connectivity index (χ4v) is 13.1. The number of hydrogen-bond acceptors (Lipinski definition) is 12. The van der Waals surface area contributed by atoms with E-state index < -0.39 is 0 Å². The number of amides is 3. The molecule has 14 heteroatoms. The van der Waals surface area contributed by atoms with Gasteiger partial charge in [-0.2, -0.15) is 0 Å². The molecule has 340 valence electrons. The lowest BCUT2D eigenvalue weighted by molar-refractivity contribution is -0.135. The molecule has 4 saturated heterocycles. The average Bonchev–Trinajstić information content (AvgIpc) is 3.50. The number of aromatic hydroxyl groups is 1. The molecule has 0 spiro atoms. The Kier molecular flexibility index (Phi) is 10.8. The molecule has 5 atom stereocenters. The summed E-state index contributed by atoms with van der Waals surface area (Å²) in [6, 6.07) is 24.3. The van der Waals surface area contributed by atoms with Crippen LogP contribution in [0.5, 0.6) is 11.5 Å². The Balaban J connectivity index is 0.666. The topological polar surface area (TPSA) is 161 Å². The van der Waals surface area contributed by atoms with Gasteiger partial charge in [-0.1, -0.05) is 36.4 Å². The summed E-state index contributed by atoms with van der Waals surface area (Å²) in [7, 11) is 2.14. The van der Waals surface area contributed by atoms with Gasteiger partial charge in [-0.25, -0.2) is 0 Å². The number of fused-ring (bicyclic) bond motifs is 2. The molecule has 0 radical (unpaired) electrons. The Hall–Kier alpha value is -5.89. The maximum absolute atomic E-state index is 13.7. The number of nitrogens with one attached hydrogen (secondary N) is 1. The zero-order chi connectivity index (χ0) is 44.4. The van der Waals surface area contributed by atoms with Gasteiger partial charge in [-0.3, -0.25) is 24.6 Å². The molecule has 2 saturated carbocycles. The largest absolute Gasteiger partial charge is 0.507 e. The van der Waals surface area contributed by atoms with Crippen molar-refractivity contribution < 1.29 is 24.2 Å². The number of nitrogen functional groups attached to an aromatic ring is 1. The van der Waals surface area contributed by atoms with Crippen LogP contribution in [0, 0.1) is 17.8 Å². The molecule has 2 bridgehead atoms. The van der Waals surface area contributed by atoms with Crippen molar-refractivity contribution >= 4 is 40.6 Å². The van der Waals surface area contributed by atoms with E-state index in [1.54, 1.807) is 12.1 Å². The van der Waals surface area contributed by atoms with Gasteiger partial charge in [0, 0.05) is 71.1 Å². The van der Waals surface area contributed by atoms with Crippen molar-refractivity contribution in [2.75, 3.05) is 86.4 Å². The molecule has 3 aromatic carbocycles. The predicted molar refractivity (Wildman–Crippen MR) is 250 cm³/mol. The van der Waals surface area contributed by atoms with E-state index in [0.717, 1.165) is 94.9 Å². The second-order valence-electron chi connectivity index (χ2n) is 20.0. The number of phenolic OH excluding ortho intramolecular Hbond substituents is 1. The zero-order valence-corrected chi connectivity index (χ0v) is 37.4.